The largest absolute Gasteiger partial charge is 0.298 e. The van der Waals surface area contributed by atoms with Crippen molar-refractivity contribution < 1.29 is 4.79 Å². The normalized spacial score (nSPS) is 21.2. The van der Waals surface area contributed by atoms with Gasteiger partial charge < -0.3 is 0 Å². The summed E-state index contributed by atoms with van der Waals surface area (Å²) in [6.45, 7) is 6.48. The van der Waals surface area contributed by atoms with Gasteiger partial charge in [-0.3, -0.25) is 4.79 Å². The highest BCUT2D eigenvalue weighted by Crippen LogP contribution is 2.33. The van der Waals surface area contributed by atoms with E-state index < -0.39 is 0 Å². The number of nitrogens with zero attached hydrogens (tertiary/aromatic N) is 3. The van der Waals surface area contributed by atoms with Gasteiger partial charge in [-0.25, -0.2) is 4.99 Å². The maximum Gasteiger partial charge on any atom is 0.298 e. The van der Waals surface area contributed by atoms with E-state index in [9.17, 15) is 4.79 Å². The molecule has 0 bridgehead atoms. The summed E-state index contributed by atoms with van der Waals surface area (Å²) in [5, 5.41) is 6.81. The van der Waals surface area contributed by atoms with E-state index in [0.29, 0.717) is 16.6 Å². The number of amides is 1. The summed E-state index contributed by atoms with van der Waals surface area (Å²) in [7, 11) is 0. The molecule has 1 heterocycles. The third kappa shape index (κ3) is 4.29. The van der Waals surface area contributed by atoms with Crippen LogP contribution in [0.25, 0.3) is 6.08 Å². The van der Waals surface area contributed by atoms with Crippen LogP contribution in [-0.4, -0.2) is 22.5 Å². The first-order valence-electron chi connectivity index (χ1n) is 10.0. The molecule has 0 spiro atoms. The number of benzene rings is 2. The molecule has 0 fully saturated rings. The van der Waals surface area contributed by atoms with Crippen molar-refractivity contribution in [1.82, 2.24) is 5.01 Å². The van der Waals surface area contributed by atoms with Crippen molar-refractivity contribution in [2.45, 2.75) is 33.6 Å². The predicted octanol–water partition coefficient (Wildman–Crippen LogP) is 6.09. The number of aliphatic imine (C=N–C) groups is 1. The summed E-state index contributed by atoms with van der Waals surface area (Å²) in [4.78, 5) is 18.0. The SMILES string of the molecule is CC1=CC(C)(C)CC(=NN2C(=O)C(=Cc3ccccc3Cl)N=C2c2ccccc2)C1. The Morgan fingerprint density at radius 1 is 1.10 bits per heavy atom. The van der Waals surface area contributed by atoms with E-state index in [1.807, 2.05) is 48.5 Å². The van der Waals surface area contributed by atoms with Crippen LogP contribution in [0.4, 0.5) is 0 Å². The summed E-state index contributed by atoms with van der Waals surface area (Å²) in [5.74, 6) is 0.294. The van der Waals surface area contributed by atoms with Gasteiger partial charge in [-0.1, -0.05) is 85.6 Å². The Kier molecular flexibility index (Phi) is 5.44. The lowest BCUT2D eigenvalue weighted by atomic mass is 9.79. The Morgan fingerprint density at radius 3 is 2.50 bits per heavy atom. The smallest absolute Gasteiger partial charge is 0.265 e. The molecule has 0 saturated carbocycles. The van der Waals surface area contributed by atoms with Crippen molar-refractivity contribution >= 4 is 35.1 Å². The average molecular weight is 418 g/mol. The summed E-state index contributed by atoms with van der Waals surface area (Å²) >= 11 is 6.29. The van der Waals surface area contributed by atoms with Crippen LogP contribution in [0.5, 0.6) is 0 Å². The second-order valence-electron chi connectivity index (χ2n) is 8.47. The molecule has 0 saturated heterocycles. The van der Waals surface area contributed by atoms with Crippen LogP contribution in [0.15, 0.2) is 82.0 Å². The molecule has 0 atom stereocenters. The van der Waals surface area contributed by atoms with Crippen LogP contribution in [0.1, 0.15) is 44.7 Å². The third-order valence-electron chi connectivity index (χ3n) is 5.09. The molecule has 0 radical (unpaired) electrons. The highest BCUT2D eigenvalue weighted by atomic mass is 35.5. The maximum absolute atomic E-state index is 13.3. The number of allylic oxidation sites excluding steroid dienone is 2. The summed E-state index contributed by atoms with van der Waals surface area (Å²) < 4.78 is 0. The Balaban J connectivity index is 1.77. The number of hydrazone groups is 1. The number of hydrogen-bond acceptors (Lipinski definition) is 3. The molecule has 1 amide bonds. The molecule has 5 heteroatoms. The summed E-state index contributed by atoms with van der Waals surface area (Å²) in [5.41, 5.74) is 4.20. The van der Waals surface area contributed by atoms with E-state index in [4.69, 9.17) is 16.7 Å². The Labute approximate surface area is 182 Å². The molecule has 4 rings (SSSR count). The van der Waals surface area contributed by atoms with Gasteiger partial charge in [-0.15, -0.1) is 0 Å². The second-order valence-corrected chi connectivity index (χ2v) is 8.88. The van der Waals surface area contributed by atoms with Gasteiger partial charge in [0.05, 0.1) is 0 Å². The number of halogens is 1. The Morgan fingerprint density at radius 2 is 1.80 bits per heavy atom. The van der Waals surface area contributed by atoms with Gasteiger partial charge in [0.25, 0.3) is 5.91 Å². The first-order chi connectivity index (χ1) is 14.3. The standard InChI is InChI=1S/C25H24ClN3O/c1-17-13-20(16-25(2,3)15-17)28-29-23(18-9-5-4-6-10-18)27-22(24(29)30)14-19-11-7-8-12-21(19)26/h4-12,14-15H,13,16H2,1-3H3. The first-order valence-corrected chi connectivity index (χ1v) is 10.4. The fourth-order valence-electron chi connectivity index (χ4n) is 4.01. The number of rotatable bonds is 3. The maximum atomic E-state index is 13.3. The van der Waals surface area contributed by atoms with Crippen molar-refractivity contribution in [2.24, 2.45) is 15.5 Å². The quantitative estimate of drug-likeness (QED) is 0.440. The minimum Gasteiger partial charge on any atom is -0.265 e. The van der Waals surface area contributed by atoms with Crippen molar-refractivity contribution in [2.75, 3.05) is 0 Å². The zero-order valence-electron chi connectivity index (χ0n) is 17.4. The van der Waals surface area contributed by atoms with Crippen molar-refractivity contribution in [3.8, 4) is 0 Å². The van der Waals surface area contributed by atoms with Crippen LogP contribution in [0, 0.1) is 5.41 Å². The van der Waals surface area contributed by atoms with Gasteiger partial charge in [0.15, 0.2) is 5.84 Å². The molecule has 2 aliphatic rings. The molecule has 2 aromatic carbocycles. The van der Waals surface area contributed by atoms with Gasteiger partial charge in [-0.05, 0) is 36.5 Å². The Hall–Kier alpha value is -2.98. The van der Waals surface area contributed by atoms with Crippen LogP contribution in [0.2, 0.25) is 5.02 Å². The van der Waals surface area contributed by atoms with E-state index >= 15 is 0 Å². The highest BCUT2D eigenvalue weighted by Gasteiger charge is 2.33. The molecular weight excluding hydrogens is 394 g/mol. The average Bonchev–Trinajstić information content (AvgIpc) is 2.98. The highest BCUT2D eigenvalue weighted by molar-refractivity contribution is 6.32. The summed E-state index contributed by atoms with van der Waals surface area (Å²) in [6, 6.07) is 17.1. The van der Waals surface area contributed by atoms with E-state index in [0.717, 1.165) is 29.7 Å². The Bertz CT molecular complexity index is 1110. The zero-order valence-corrected chi connectivity index (χ0v) is 18.1. The van der Waals surface area contributed by atoms with Gasteiger partial charge in [0, 0.05) is 22.7 Å². The van der Waals surface area contributed by atoms with Crippen LogP contribution < -0.4 is 0 Å². The number of amidine groups is 1. The van der Waals surface area contributed by atoms with Crippen molar-refractivity contribution in [3.05, 3.63) is 88.1 Å². The van der Waals surface area contributed by atoms with Crippen molar-refractivity contribution in [1.29, 1.82) is 0 Å². The number of carbonyl (C=O) groups excluding carboxylic acids is 1. The van der Waals surface area contributed by atoms with Crippen LogP contribution >= 0.6 is 11.6 Å². The molecular formula is C25H24ClN3O. The molecule has 152 valence electrons. The first kappa shape index (κ1) is 20.3. The summed E-state index contributed by atoms with van der Waals surface area (Å²) in [6.07, 6.45) is 5.58. The topological polar surface area (TPSA) is 45.0 Å². The molecule has 1 aliphatic heterocycles. The molecule has 0 unspecified atom stereocenters. The van der Waals surface area contributed by atoms with Gasteiger partial charge >= 0.3 is 0 Å². The third-order valence-corrected chi connectivity index (χ3v) is 5.43. The van der Waals surface area contributed by atoms with Crippen molar-refractivity contribution in [3.63, 3.8) is 0 Å². The molecule has 30 heavy (non-hydrogen) atoms. The lowest BCUT2D eigenvalue weighted by Gasteiger charge is -2.28. The molecule has 1 aliphatic carbocycles. The van der Waals surface area contributed by atoms with Crippen LogP contribution in [-0.2, 0) is 4.79 Å². The van der Waals surface area contributed by atoms with Crippen LogP contribution in [0.3, 0.4) is 0 Å². The minimum absolute atomic E-state index is 0.0181. The van der Waals surface area contributed by atoms with E-state index in [1.54, 1.807) is 12.1 Å². The molecule has 0 aromatic heterocycles. The molecule has 0 N–H and O–H groups in total. The molecule has 2 aromatic rings. The lowest BCUT2D eigenvalue weighted by Crippen LogP contribution is -2.31. The van der Waals surface area contributed by atoms with Gasteiger partial charge in [0.1, 0.15) is 5.70 Å². The monoisotopic (exact) mass is 417 g/mol. The zero-order chi connectivity index (χ0) is 21.3. The van der Waals surface area contributed by atoms with E-state index in [-0.39, 0.29) is 11.3 Å². The second kappa shape index (κ2) is 8.04. The minimum atomic E-state index is -0.244. The lowest BCUT2D eigenvalue weighted by molar-refractivity contribution is -0.122. The fourth-order valence-corrected chi connectivity index (χ4v) is 4.20. The predicted molar refractivity (Wildman–Crippen MR) is 123 cm³/mol. The number of hydrogen-bond donors (Lipinski definition) is 0. The fraction of sp³-hybridized carbons (Fsp3) is 0.240. The molecule has 4 nitrogen and oxygen atoms in total. The van der Waals surface area contributed by atoms with E-state index in [1.165, 1.54) is 10.6 Å². The number of carbonyl (C=O) groups is 1. The van der Waals surface area contributed by atoms with Gasteiger partial charge in [0.2, 0.25) is 0 Å². The van der Waals surface area contributed by atoms with Gasteiger partial charge in [-0.2, -0.15) is 10.1 Å². The van der Waals surface area contributed by atoms with E-state index in [2.05, 4.69) is 31.8 Å².